The molecule has 1 aliphatic rings. The lowest BCUT2D eigenvalue weighted by molar-refractivity contribution is -0.127. The number of carbonyl (C=O) groups is 1. The van der Waals surface area contributed by atoms with Crippen LogP contribution in [0.2, 0.25) is 0 Å². The van der Waals surface area contributed by atoms with Gasteiger partial charge in [-0.1, -0.05) is 45.4 Å². The fourth-order valence-electron chi connectivity index (χ4n) is 2.64. The number of aliphatic imine (C=N–C) groups is 1. The summed E-state index contributed by atoms with van der Waals surface area (Å²) < 4.78 is 0. The minimum Gasteiger partial charge on any atom is -0.356 e. The molecule has 136 valence electrons. The summed E-state index contributed by atoms with van der Waals surface area (Å²) >= 11 is 0. The molecule has 1 saturated carbocycles. The summed E-state index contributed by atoms with van der Waals surface area (Å²) in [4.78, 5) is 17.8. The van der Waals surface area contributed by atoms with Gasteiger partial charge >= 0.3 is 0 Å². The standard InChI is InChI=1S/C17H34N4O.HI/c1-4-5-6-10-13-18-17(19-14-16(22)21(2)3)20-15-11-8-7-9-12-15;/h15H,4-14H2,1-3H3,(H2,18,19,20);1H. The van der Waals surface area contributed by atoms with Crippen LogP contribution in [0, 0.1) is 0 Å². The molecule has 0 unspecified atom stereocenters. The van der Waals surface area contributed by atoms with E-state index in [1.807, 2.05) is 0 Å². The molecule has 1 fully saturated rings. The molecule has 0 aromatic heterocycles. The Morgan fingerprint density at radius 3 is 2.43 bits per heavy atom. The van der Waals surface area contributed by atoms with Gasteiger partial charge in [0.2, 0.25) is 5.91 Å². The van der Waals surface area contributed by atoms with Gasteiger partial charge in [0, 0.05) is 26.7 Å². The Hall–Kier alpha value is -0.530. The molecule has 1 amide bonds. The first kappa shape index (κ1) is 22.5. The number of nitrogens with zero attached hydrogens (tertiary/aromatic N) is 2. The van der Waals surface area contributed by atoms with Crippen molar-refractivity contribution in [3.8, 4) is 0 Å². The number of likely N-dealkylation sites (N-methyl/N-ethyl adjacent to an activating group) is 1. The van der Waals surface area contributed by atoms with Crippen LogP contribution in [0.15, 0.2) is 4.99 Å². The molecule has 0 aromatic carbocycles. The van der Waals surface area contributed by atoms with Crippen LogP contribution in [0.4, 0.5) is 0 Å². The first-order valence-corrected chi connectivity index (χ1v) is 8.88. The van der Waals surface area contributed by atoms with E-state index < -0.39 is 0 Å². The predicted molar refractivity (Wildman–Crippen MR) is 109 cm³/mol. The molecule has 0 atom stereocenters. The normalized spacial score (nSPS) is 15.7. The summed E-state index contributed by atoms with van der Waals surface area (Å²) in [6.07, 6.45) is 11.3. The third kappa shape index (κ3) is 10.8. The SMILES string of the molecule is CCCCCCNC(=NCC(=O)N(C)C)NC1CCCCC1.I. The van der Waals surface area contributed by atoms with Crippen LogP contribution in [0.5, 0.6) is 0 Å². The number of guanidine groups is 1. The average molecular weight is 438 g/mol. The number of amides is 1. The van der Waals surface area contributed by atoms with Gasteiger partial charge < -0.3 is 15.5 Å². The van der Waals surface area contributed by atoms with E-state index in [9.17, 15) is 4.79 Å². The topological polar surface area (TPSA) is 56.7 Å². The van der Waals surface area contributed by atoms with Gasteiger partial charge in [-0.15, -0.1) is 24.0 Å². The minimum absolute atomic E-state index is 0. The number of hydrogen-bond acceptors (Lipinski definition) is 2. The number of carbonyl (C=O) groups excluding carboxylic acids is 1. The number of halogens is 1. The summed E-state index contributed by atoms with van der Waals surface area (Å²) in [6, 6.07) is 0.505. The fraction of sp³-hybridized carbons (Fsp3) is 0.882. The Bertz CT molecular complexity index is 341. The van der Waals surface area contributed by atoms with Crippen molar-refractivity contribution in [1.29, 1.82) is 0 Å². The predicted octanol–water partition coefficient (Wildman–Crippen LogP) is 3.14. The van der Waals surface area contributed by atoms with Gasteiger partial charge in [0.25, 0.3) is 0 Å². The number of nitrogens with one attached hydrogen (secondary N) is 2. The van der Waals surface area contributed by atoms with E-state index in [0.717, 1.165) is 18.9 Å². The van der Waals surface area contributed by atoms with Gasteiger partial charge in [-0.2, -0.15) is 0 Å². The Kier molecular flexibility index (Phi) is 13.5. The van der Waals surface area contributed by atoms with Gasteiger partial charge in [0.05, 0.1) is 0 Å². The highest BCUT2D eigenvalue weighted by Gasteiger charge is 2.15. The first-order valence-electron chi connectivity index (χ1n) is 8.88. The van der Waals surface area contributed by atoms with Gasteiger partial charge in [0.1, 0.15) is 6.54 Å². The molecule has 0 spiro atoms. The third-order valence-corrected chi connectivity index (χ3v) is 4.14. The summed E-state index contributed by atoms with van der Waals surface area (Å²) in [6.45, 7) is 3.36. The van der Waals surface area contributed by atoms with Crippen LogP contribution >= 0.6 is 24.0 Å². The number of hydrogen-bond donors (Lipinski definition) is 2. The van der Waals surface area contributed by atoms with Crippen LogP contribution in [0.1, 0.15) is 64.7 Å². The largest absolute Gasteiger partial charge is 0.356 e. The quantitative estimate of drug-likeness (QED) is 0.265. The van der Waals surface area contributed by atoms with Crippen molar-refractivity contribution >= 4 is 35.8 Å². The fourth-order valence-corrected chi connectivity index (χ4v) is 2.64. The van der Waals surface area contributed by atoms with Crippen LogP contribution in [-0.4, -0.2) is 50.0 Å². The second-order valence-corrected chi connectivity index (χ2v) is 6.42. The number of rotatable bonds is 8. The van der Waals surface area contributed by atoms with Crippen molar-refractivity contribution in [2.24, 2.45) is 4.99 Å². The molecule has 0 radical (unpaired) electrons. The monoisotopic (exact) mass is 438 g/mol. The molecule has 0 saturated heterocycles. The smallest absolute Gasteiger partial charge is 0.243 e. The van der Waals surface area contributed by atoms with Crippen LogP contribution < -0.4 is 10.6 Å². The first-order chi connectivity index (χ1) is 10.6. The zero-order valence-electron chi connectivity index (χ0n) is 15.1. The molecular formula is C17H35IN4O. The molecular weight excluding hydrogens is 403 g/mol. The van der Waals surface area contributed by atoms with Crippen molar-refractivity contribution in [2.75, 3.05) is 27.2 Å². The molecule has 1 aliphatic carbocycles. The van der Waals surface area contributed by atoms with Gasteiger partial charge in [-0.05, 0) is 19.3 Å². The highest BCUT2D eigenvalue weighted by atomic mass is 127. The lowest BCUT2D eigenvalue weighted by Gasteiger charge is -2.25. The average Bonchev–Trinajstić information content (AvgIpc) is 2.52. The molecule has 6 heteroatoms. The van der Waals surface area contributed by atoms with Crippen molar-refractivity contribution < 1.29 is 4.79 Å². The molecule has 2 N–H and O–H groups in total. The maximum atomic E-state index is 11.7. The van der Waals surface area contributed by atoms with E-state index in [1.165, 1.54) is 51.4 Å². The van der Waals surface area contributed by atoms with Crippen LogP contribution in [-0.2, 0) is 4.79 Å². The molecule has 23 heavy (non-hydrogen) atoms. The maximum Gasteiger partial charge on any atom is 0.243 e. The zero-order chi connectivity index (χ0) is 16.2. The molecule has 1 rings (SSSR count). The lowest BCUT2D eigenvalue weighted by atomic mass is 9.96. The number of unbranched alkanes of at least 4 members (excludes halogenated alkanes) is 3. The Morgan fingerprint density at radius 2 is 1.83 bits per heavy atom. The van der Waals surface area contributed by atoms with E-state index in [2.05, 4.69) is 22.5 Å². The maximum absolute atomic E-state index is 11.7. The Labute approximate surface area is 159 Å². The van der Waals surface area contributed by atoms with Gasteiger partial charge in [-0.3, -0.25) is 4.79 Å². The van der Waals surface area contributed by atoms with E-state index in [-0.39, 0.29) is 36.4 Å². The van der Waals surface area contributed by atoms with Crippen molar-refractivity contribution in [1.82, 2.24) is 15.5 Å². The van der Waals surface area contributed by atoms with Crippen molar-refractivity contribution in [2.45, 2.75) is 70.8 Å². The lowest BCUT2D eigenvalue weighted by Crippen LogP contribution is -2.45. The summed E-state index contributed by atoms with van der Waals surface area (Å²) in [5.41, 5.74) is 0. The minimum atomic E-state index is 0. The Morgan fingerprint density at radius 1 is 1.13 bits per heavy atom. The second-order valence-electron chi connectivity index (χ2n) is 6.42. The van der Waals surface area contributed by atoms with Crippen molar-refractivity contribution in [3.63, 3.8) is 0 Å². The van der Waals surface area contributed by atoms with Crippen molar-refractivity contribution in [3.05, 3.63) is 0 Å². The molecule has 0 aliphatic heterocycles. The van der Waals surface area contributed by atoms with E-state index in [4.69, 9.17) is 0 Å². The molecule has 5 nitrogen and oxygen atoms in total. The van der Waals surface area contributed by atoms with Gasteiger partial charge in [-0.25, -0.2) is 4.99 Å². The van der Waals surface area contributed by atoms with Crippen LogP contribution in [0.3, 0.4) is 0 Å². The van der Waals surface area contributed by atoms with E-state index in [0.29, 0.717) is 6.04 Å². The van der Waals surface area contributed by atoms with Gasteiger partial charge in [0.15, 0.2) is 5.96 Å². The third-order valence-electron chi connectivity index (χ3n) is 4.14. The molecule has 0 bridgehead atoms. The van der Waals surface area contributed by atoms with E-state index >= 15 is 0 Å². The summed E-state index contributed by atoms with van der Waals surface area (Å²) in [5.74, 6) is 0.842. The zero-order valence-corrected chi connectivity index (χ0v) is 17.4. The van der Waals surface area contributed by atoms with Crippen LogP contribution in [0.25, 0.3) is 0 Å². The second kappa shape index (κ2) is 13.9. The summed E-state index contributed by atoms with van der Waals surface area (Å²) in [5, 5.41) is 6.90. The Balaban J connectivity index is 0.00000484. The molecule has 0 aromatic rings. The molecule has 0 heterocycles. The highest BCUT2D eigenvalue weighted by Crippen LogP contribution is 2.17. The summed E-state index contributed by atoms with van der Waals surface area (Å²) in [7, 11) is 3.54. The van der Waals surface area contributed by atoms with E-state index in [1.54, 1.807) is 19.0 Å². The highest BCUT2D eigenvalue weighted by molar-refractivity contribution is 14.0.